The molecule has 0 spiro atoms. The van der Waals surface area contributed by atoms with Gasteiger partial charge in [0.2, 0.25) is 0 Å². The lowest BCUT2D eigenvalue weighted by atomic mass is 10.1. The second-order valence-corrected chi connectivity index (χ2v) is 6.90. The van der Waals surface area contributed by atoms with Gasteiger partial charge in [0, 0.05) is 16.5 Å². The zero-order chi connectivity index (χ0) is 17.0. The van der Waals surface area contributed by atoms with Crippen molar-refractivity contribution in [1.82, 2.24) is 9.55 Å². The lowest BCUT2D eigenvalue weighted by Gasteiger charge is -2.06. The summed E-state index contributed by atoms with van der Waals surface area (Å²) >= 11 is 1.60. The molecule has 0 aliphatic carbocycles. The summed E-state index contributed by atoms with van der Waals surface area (Å²) < 4.78 is 7.37. The van der Waals surface area contributed by atoms with Crippen molar-refractivity contribution in [2.45, 2.75) is 6.54 Å². The number of fused-ring (bicyclic) bond motifs is 5. The zero-order valence-corrected chi connectivity index (χ0v) is 14.3. The highest BCUT2D eigenvalue weighted by Gasteiger charge is 2.24. The van der Waals surface area contributed by atoms with Crippen molar-refractivity contribution in [3.63, 3.8) is 0 Å². The van der Waals surface area contributed by atoms with Crippen molar-refractivity contribution in [3.05, 3.63) is 69.8 Å². The lowest BCUT2D eigenvalue weighted by molar-refractivity contribution is 0.415. The molecule has 5 heteroatoms. The minimum atomic E-state index is -0.162. The number of aromatic nitrogens is 2. The molecule has 4 nitrogen and oxygen atoms in total. The predicted molar refractivity (Wildman–Crippen MR) is 100 cm³/mol. The van der Waals surface area contributed by atoms with E-state index in [1.54, 1.807) is 18.4 Å². The van der Waals surface area contributed by atoms with Crippen molar-refractivity contribution >= 4 is 21.6 Å². The minimum Gasteiger partial charge on any atom is -0.497 e. The van der Waals surface area contributed by atoms with Crippen LogP contribution in [0.5, 0.6) is 5.75 Å². The van der Waals surface area contributed by atoms with E-state index >= 15 is 0 Å². The van der Waals surface area contributed by atoms with E-state index in [4.69, 9.17) is 4.74 Å². The first-order valence-electron chi connectivity index (χ1n) is 8.01. The Morgan fingerprint density at radius 1 is 1.08 bits per heavy atom. The Bertz CT molecular complexity index is 1170. The molecule has 25 heavy (non-hydrogen) atoms. The molecule has 2 aromatic heterocycles. The molecule has 0 fully saturated rings. The summed E-state index contributed by atoms with van der Waals surface area (Å²) in [6.07, 6.45) is 0. The molecule has 2 aromatic carbocycles. The molecular formula is C20H14N2O2S. The van der Waals surface area contributed by atoms with Crippen LogP contribution in [0.3, 0.4) is 0 Å². The molecule has 1 aliphatic heterocycles. The summed E-state index contributed by atoms with van der Waals surface area (Å²) in [6.45, 7) is 0.762. The van der Waals surface area contributed by atoms with Crippen LogP contribution in [0.15, 0.2) is 58.7 Å². The third kappa shape index (κ3) is 2.06. The monoisotopic (exact) mass is 346 g/mol. The van der Waals surface area contributed by atoms with Crippen LogP contribution in [0.4, 0.5) is 0 Å². The van der Waals surface area contributed by atoms with Crippen molar-refractivity contribution in [2.24, 2.45) is 0 Å². The number of hydrogen-bond acceptors (Lipinski definition) is 4. The number of methoxy groups -OCH3 is 1. The molecule has 0 amide bonds. The van der Waals surface area contributed by atoms with Crippen LogP contribution in [0.2, 0.25) is 0 Å². The van der Waals surface area contributed by atoms with Crippen LogP contribution in [-0.4, -0.2) is 16.7 Å². The van der Waals surface area contributed by atoms with E-state index in [9.17, 15) is 4.79 Å². The van der Waals surface area contributed by atoms with Gasteiger partial charge in [-0.25, -0.2) is 0 Å². The Labute approximate surface area is 148 Å². The zero-order valence-electron chi connectivity index (χ0n) is 13.5. The van der Waals surface area contributed by atoms with Gasteiger partial charge in [0.15, 0.2) is 0 Å². The highest BCUT2D eigenvalue weighted by atomic mass is 32.1. The fraction of sp³-hybridized carbons (Fsp3) is 0.100. The van der Waals surface area contributed by atoms with Gasteiger partial charge in [-0.1, -0.05) is 36.4 Å². The average Bonchev–Trinajstić information content (AvgIpc) is 3.24. The molecule has 0 saturated heterocycles. The van der Waals surface area contributed by atoms with Gasteiger partial charge in [-0.15, -0.1) is 11.3 Å². The van der Waals surface area contributed by atoms with Crippen molar-refractivity contribution in [3.8, 4) is 28.3 Å². The van der Waals surface area contributed by atoms with Gasteiger partial charge in [0.05, 0.1) is 19.0 Å². The van der Waals surface area contributed by atoms with Gasteiger partial charge in [-0.3, -0.25) is 4.79 Å². The molecule has 0 radical (unpaired) electrons. The van der Waals surface area contributed by atoms with E-state index in [-0.39, 0.29) is 5.56 Å². The number of nitrogens with zero attached hydrogens (tertiary/aromatic N) is 2. The predicted octanol–water partition coefficient (Wildman–Crippen LogP) is 4.16. The number of hydrogen-bond donors (Lipinski definition) is 0. The Kier molecular flexibility index (Phi) is 3.05. The van der Waals surface area contributed by atoms with E-state index in [0.29, 0.717) is 5.39 Å². The van der Waals surface area contributed by atoms with E-state index in [0.717, 1.165) is 39.6 Å². The number of rotatable bonds is 2. The Balaban J connectivity index is 1.75. The van der Waals surface area contributed by atoms with Crippen LogP contribution in [0.1, 0.15) is 5.56 Å². The second-order valence-electron chi connectivity index (χ2n) is 6.04. The van der Waals surface area contributed by atoms with Crippen molar-refractivity contribution in [1.29, 1.82) is 0 Å². The van der Waals surface area contributed by atoms with Crippen LogP contribution in [0, 0.1) is 0 Å². The lowest BCUT2D eigenvalue weighted by Crippen LogP contribution is -2.12. The Hall–Kier alpha value is -2.92. The minimum absolute atomic E-state index is 0.162. The smallest absolute Gasteiger partial charge is 0.282 e. The number of benzene rings is 2. The third-order valence-electron chi connectivity index (χ3n) is 4.68. The molecule has 0 unspecified atom stereocenters. The van der Waals surface area contributed by atoms with Crippen molar-refractivity contribution in [2.75, 3.05) is 7.11 Å². The maximum Gasteiger partial charge on any atom is 0.282 e. The van der Waals surface area contributed by atoms with Crippen molar-refractivity contribution < 1.29 is 4.74 Å². The molecular weight excluding hydrogens is 332 g/mol. The normalized spacial score (nSPS) is 12.2. The van der Waals surface area contributed by atoms with Gasteiger partial charge in [0.1, 0.15) is 16.4 Å². The summed E-state index contributed by atoms with van der Waals surface area (Å²) in [5.74, 6) is 1.57. The Morgan fingerprint density at radius 3 is 2.68 bits per heavy atom. The van der Waals surface area contributed by atoms with Gasteiger partial charge in [0.25, 0.3) is 5.56 Å². The molecule has 0 saturated carbocycles. The third-order valence-corrected chi connectivity index (χ3v) is 5.68. The van der Waals surface area contributed by atoms with E-state index in [1.165, 1.54) is 5.56 Å². The Morgan fingerprint density at radius 2 is 1.88 bits per heavy atom. The molecule has 3 heterocycles. The highest BCUT2D eigenvalue weighted by molar-refractivity contribution is 7.17. The standard InChI is InChI=1S/C20H14N2O2S/c1-24-14-8-6-12(7-9-14)16-11-25-20-17(16)19(23)21-18-15-5-3-2-4-13(15)10-22(18)20/h2-9,11H,10H2,1H3. The van der Waals surface area contributed by atoms with Crippen LogP contribution in [0.25, 0.3) is 32.7 Å². The highest BCUT2D eigenvalue weighted by Crippen LogP contribution is 2.37. The van der Waals surface area contributed by atoms with E-state index in [1.807, 2.05) is 47.8 Å². The maximum absolute atomic E-state index is 12.8. The summed E-state index contributed by atoms with van der Waals surface area (Å²) in [5, 5.41) is 2.75. The van der Waals surface area contributed by atoms with Gasteiger partial charge >= 0.3 is 0 Å². The maximum atomic E-state index is 12.8. The van der Waals surface area contributed by atoms with Crippen LogP contribution >= 0.6 is 11.3 Å². The van der Waals surface area contributed by atoms with E-state index in [2.05, 4.69) is 15.6 Å². The van der Waals surface area contributed by atoms with Gasteiger partial charge in [-0.2, -0.15) is 4.98 Å². The fourth-order valence-corrected chi connectivity index (χ4v) is 4.52. The SMILES string of the molecule is COc1ccc(-c2csc3c2c(=O)nc2n3Cc3ccccc3-2)cc1. The molecule has 0 atom stereocenters. The van der Waals surface area contributed by atoms with Crippen LogP contribution in [-0.2, 0) is 6.54 Å². The van der Waals surface area contributed by atoms with E-state index < -0.39 is 0 Å². The fourth-order valence-electron chi connectivity index (χ4n) is 3.44. The molecule has 0 N–H and O–H groups in total. The topological polar surface area (TPSA) is 44.1 Å². The van der Waals surface area contributed by atoms with Crippen LogP contribution < -0.4 is 10.3 Å². The first-order valence-corrected chi connectivity index (χ1v) is 8.89. The summed E-state index contributed by atoms with van der Waals surface area (Å²) in [7, 11) is 1.65. The summed E-state index contributed by atoms with van der Waals surface area (Å²) in [6, 6.07) is 15.9. The largest absolute Gasteiger partial charge is 0.497 e. The summed E-state index contributed by atoms with van der Waals surface area (Å²) in [5.41, 5.74) is 4.04. The van der Waals surface area contributed by atoms with Gasteiger partial charge in [-0.05, 0) is 23.3 Å². The number of thiophene rings is 1. The molecule has 0 bridgehead atoms. The summed E-state index contributed by atoms with van der Waals surface area (Å²) in [4.78, 5) is 18.2. The molecule has 5 rings (SSSR count). The first kappa shape index (κ1) is 14.4. The second kappa shape index (κ2) is 5.29. The van der Waals surface area contributed by atoms with Gasteiger partial charge < -0.3 is 9.30 Å². The number of ether oxygens (including phenoxy) is 1. The molecule has 122 valence electrons. The first-order chi connectivity index (χ1) is 12.3. The molecule has 4 aromatic rings. The average molecular weight is 346 g/mol. The quantitative estimate of drug-likeness (QED) is 0.482. The molecule has 1 aliphatic rings.